The molecular weight excluding hydrogens is 521 g/mol. The maximum atomic E-state index is 13.4. The maximum Gasteiger partial charge on any atom is 0.263 e. The molecule has 2 aromatic heterocycles. The minimum atomic E-state index is -4.19. The van der Waals surface area contributed by atoms with Crippen molar-refractivity contribution in [1.29, 1.82) is 0 Å². The van der Waals surface area contributed by atoms with Crippen LogP contribution >= 0.6 is 11.6 Å². The van der Waals surface area contributed by atoms with Crippen molar-refractivity contribution >= 4 is 38.2 Å². The number of rotatable bonds is 9. The molecule has 37 heavy (non-hydrogen) atoms. The second-order valence-corrected chi connectivity index (χ2v) is 10.6. The van der Waals surface area contributed by atoms with Crippen LogP contribution in [0, 0.1) is 11.7 Å². The molecule has 2 aromatic carbocycles. The number of sulfonamides is 1. The highest BCUT2D eigenvalue weighted by molar-refractivity contribution is 7.92. The monoisotopic (exact) mass is 545 g/mol. The van der Waals surface area contributed by atoms with E-state index in [0.29, 0.717) is 28.6 Å². The number of methoxy groups -OCH3 is 1. The van der Waals surface area contributed by atoms with Crippen molar-refractivity contribution in [1.82, 2.24) is 19.9 Å². The summed E-state index contributed by atoms with van der Waals surface area (Å²) in [6, 6.07) is 9.71. The van der Waals surface area contributed by atoms with Gasteiger partial charge in [-0.15, -0.1) is 0 Å². The number of hydrogen-bond donors (Lipinski definition) is 2. The van der Waals surface area contributed by atoms with E-state index in [2.05, 4.69) is 20.0 Å². The molecule has 0 saturated heterocycles. The molecule has 0 unspecified atom stereocenters. The maximum absolute atomic E-state index is 13.4. The Hall–Kier alpha value is -3.54. The van der Waals surface area contributed by atoms with Gasteiger partial charge in [0.05, 0.1) is 29.4 Å². The van der Waals surface area contributed by atoms with Crippen LogP contribution in [0.25, 0.3) is 22.0 Å². The van der Waals surface area contributed by atoms with Crippen molar-refractivity contribution < 1.29 is 17.5 Å². The van der Waals surface area contributed by atoms with Gasteiger partial charge in [0, 0.05) is 18.3 Å². The molecule has 0 spiro atoms. The first-order valence-corrected chi connectivity index (χ1v) is 13.1. The van der Waals surface area contributed by atoms with Crippen LogP contribution in [0.2, 0.25) is 5.02 Å². The number of hydrogen-bond acceptors (Lipinski definition) is 7. The first-order chi connectivity index (χ1) is 17.6. The molecule has 0 aliphatic carbocycles. The van der Waals surface area contributed by atoms with E-state index in [4.69, 9.17) is 16.3 Å². The van der Waals surface area contributed by atoms with Crippen LogP contribution in [0.5, 0.6) is 5.88 Å². The van der Waals surface area contributed by atoms with Gasteiger partial charge < -0.3 is 10.1 Å². The zero-order chi connectivity index (χ0) is 26.7. The summed E-state index contributed by atoms with van der Waals surface area (Å²) in [5.74, 6) is -0.415. The van der Waals surface area contributed by atoms with Gasteiger partial charge in [-0.3, -0.25) is 14.1 Å². The Kier molecular flexibility index (Phi) is 7.76. The van der Waals surface area contributed by atoms with Gasteiger partial charge in [0.1, 0.15) is 16.4 Å². The summed E-state index contributed by atoms with van der Waals surface area (Å²) < 4.78 is 48.6. The van der Waals surface area contributed by atoms with Crippen molar-refractivity contribution in [3.63, 3.8) is 0 Å². The Morgan fingerprint density at radius 2 is 1.92 bits per heavy atom. The third-order valence-corrected chi connectivity index (χ3v) is 7.54. The molecule has 0 bridgehead atoms. The molecule has 0 fully saturated rings. The van der Waals surface area contributed by atoms with Crippen molar-refractivity contribution in [2.24, 2.45) is 5.92 Å². The van der Waals surface area contributed by atoms with Gasteiger partial charge in [0.15, 0.2) is 0 Å². The fraction of sp³-hybridized carbons (Fsp3) is 0.240. The van der Waals surface area contributed by atoms with Gasteiger partial charge in [-0.25, -0.2) is 22.8 Å². The topological polar surface area (TPSA) is 115 Å². The molecule has 0 radical (unpaired) electrons. The quantitative estimate of drug-likeness (QED) is 0.327. The third-order valence-electron chi connectivity index (χ3n) is 5.69. The molecule has 1 atom stereocenters. The SMILES string of the molecule is CNC[C@@H](C)Cn1cnc2ccc(-c3cnc(OC)c(NS(=O)(=O)c4ccc(F)cc4Cl)c3)cc2c1=O. The van der Waals surface area contributed by atoms with Crippen LogP contribution in [0.15, 0.2) is 64.7 Å². The third kappa shape index (κ3) is 5.74. The molecule has 0 aliphatic rings. The second kappa shape index (κ2) is 10.8. The van der Waals surface area contributed by atoms with E-state index < -0.39 is 15.8 Å². The summed E-state index contributed by atoms with van der Waals surface area (Å²) in [4.78, 5) is 21.5. The normalized spacial score (nSPS) is 12.5. The van der Waals surface area contributed by atoms with Crippen molar-refractivity contribution in [3.05, 3.63) is 76.2 Å². The highest BCUT2D eigenvalue weighted by Crippen LogP contribution is 2.32. The molecule has 4 aromatic rings. The van der Waals surface area contributed by atoms with E-state index in [-0.39, 0.29) is 33.0 Å². The van der Waals surface area contributed by atoms with Gasteiger partial charge in [-0.2, -0.15) is 0 Å². The number of nitrogens with one attached hydrogen (secondary N) is 2. The summed E-state index contributed by atoms with van der Waals surface area (Å²) >= 11 is 5.97. The van der Waals surface area contributed by atoms with E-state index in [1.165, 1.54) is 19.4 Å². The standard InChI is InChI=1S/C25H25ClFN5O4S/c1-15(11-28-2)13-32-14-30-21-6-4-16(8-19(21)25(32)33)17-9-22(24(36-3)29-12-17)31-37(34,35)23-7-5-18(27)10-20(23)26/h4-10,12,14-15,28,31H,11,13H2,1-3H3/t15-/m1/s1. The highest BCUT2D eigenvalue weighted by atomic mass is 35.5. The Morgan fingerprint density at radius 3 is 2.62 bits per heavy atom. The first kappa shape index (κ1) is 26.5. The minimum Gasteiger partial charge on any atom is -0.480 e. The van der Waals surface area contributed by atoms with E-state index in [1.807, 2.05) is 14.0 Å². The number of nitrogens with zero attached hydrogens (tertiary/aromatic N) is 3. The second-order valence-electron chi connectivity index (χ2n) is 8.56. The lowest BCUT2D eigenvalue weighted by atomic mass is 10.0. The number of benzene rings is 2. The van der Waals surface area contributed by atoms with Gasteiger partial charge in [0.2, 0.25) is 5.88 Å². The number of ether oxygens (including phenoxy) is 1. The molecule has 0 amide bonds. The summed E-state index contributed by atoms with van der Waals surface area (Å²) in [6.45, 7) is 3.30. The van der Waals surface area contributed by atoms with Crippen molar-refractivity contribution in [2.75, 3.05) is 25.4 Å². The largest absolute Gasteiger partial charge is 0.480 e. The van der Waals surface area contributed by atoms with Gasteiger partial charge >= 0.3 is 0 Å². The Labute approximate surface area is 218 Å². The Bertz CT molecular complexity index is 1630. The predicted octanol–water partition coefficient (Wildman–Crippen LogP) is 3.92. The average Bonchev–Trinajstić information content (AvgIpc) is 2.85. The number of pyridine rings is 1. The van der Waals surface area contributed by atoms with E-state index in [9.17, 15) is 17.6 Å². The smallest absolute Gasteiger partial charge is 0.263 e. The van der Waals surface area contributed by atoms with Crippen molar-refractivity contribution in [2.45, 2.75) is 18.4 Å². The van der Waals surface area contributed by atoms with Crippen LogP contribution in [0.1, 0.15) is 6.92 Å². The van der Waals surface area contributed by atoms with Crippen LogP contribution in [0.4, 0.5) is 10.1 Å². The van der Waals surface area contributed by atoms with Crippen LogP contribution < -0.4 is 20.3 Å². The predicted molar refractivity (Wildman–Crippen MR) is 141 cm³/mol. The highest BCUT2D eigenvalue weighted by Gasteiger charge is 2.21. The molecule has 9 nitrogen and oxygen atoms in total. The molecule has 0 aliphatic heterocycles. The molecule has 4 rings (SSSR count). The first-order valence-electron chi connectivity index (χ1n) is 11.3. The van der Waals surface area contributed by atoms with E-state index >= 15 is 0 Å². The molecule has 2 N–H and O–H groups in total. The fourth-order valence-electron chi connectivity index (χ4n) is 3.96. The number of anilines is 1. The average molecular weight is 546 g/mol. The lowest BCUT2D eigenvalue weighted by Gasteiger charge is -2.14. The fourth-order valence-corrected chi connectivity index (χ4v) is 5.54. The number of halogens is 2. The minimum absolute atomic E-state index is 0.0221. The number of aromatic nitrogens is 3. The van der Waals surface area contributed by atoms with Crippen molar-refractivity contribution in [3.8, 4) is 17.0 Å². The zero-order valence-corrected chi connectivity index (χ0v) is 21.9. The Balaban J connectivity index is 1.73. The summed E-state index contributed by atoms with van der Waals surface area (Å²) in [5.41, 5.74) is 1.57. The lowest BCUT2D eigenvalue weighted by Crippen LogP contribution is -2.27. The Morgan fingerprint density at radius 1 is 1.14 bits per heavy atom. The summed E-state index contributed by atoms with van der Waals surface area (Å²) in [6.07, 6.45) is 3.05. The van der Waals surface area contributed by atoms with Gasteiger partial charge in [-0.1, -0.05) is 24.6 Å². The number of fused-ring (bicyclic) bond motifs is 1. The van der Waals surface area contributed by atoms with Gasteiger partial charge in [0.25, 0.3) is 15.6 Å². The zero-order valence-electron chi connectivity index (χ0n) is 20.3. The summed E-state index contributed by atoms with van der Waals surface area (Å²) in [5, 5.41) is 3.25. The lowest BCUT2D eigenvalue weighted by molar-refractivity contribution is 0.400. The molecule has 0 saturated carbocycles. The van der Waals surface area contributed by atoms with E-state index in [0.717, 1.165) is 24.7 Å². The van der Waals surface area contributed by atoms with Crippen LogP contribution in [-0.4, -0.2) is 43.7 Å². The molecule has 2 heterocycles. The van der Waals surface area contributed by atoms with E-state index in [1.54, 1.807) is 29.1 Å². The molecular formula is C25H25ClFN5O4S. The molecule has 194 valence electrons. The van der Waals surface area contributed by atoms with Gasteiger partial charge in [-0.05, 0) is 61.5 Å². The molecule has 12 heteroatoms. The van der Waals surface area contributed by atoms with Crippen LogP contribution in [-0.2, 0) is 16.6 Å². The summed E-state index contributed by atoms with van der Waals surface area (Å²) in [7, 11) is -0.985. The van der Waals surface area contributed by atoms with Crippen LogP contribution in [0.3, 0.4) is 0 Å².